The van der Waals surface area contributed by atoms with Crippen molar-refractivity contribution in [3.63, 3.8) is 0 Å². The van der Waals surface area contributed by atoms with E-state index < -0.39 is 0 Å². The summed E-state index contributed by atoms with van der Waals surface area (Å²) in [5, 5.41) is 2.97. The molecule has 1 aliphatic heterocycles. The van der Waals surface area contributed by atoms with Crippen LogP contribution in [0.15, 0.2) is 30.0 Å². The molecule has 0 spiro atoms. The normalized spacial score (nSPS) is 15.3. The second-order valence-electron chi connectivity index (χ2n) is 5.53. The van der Waals surface area contributed by atoms with E-state index in [9.17, 15) is 4.79 Å². The third kappa shape index (κ3) is 2.40. The van der Waals surface area contributed by atoms with Gasteiger partial charge in [-0.3, -0.25) is 4.79 Å². The van der Waals surface area contributed by atoms with Crippen molar-refractivity contribution >= 4 is 5.78 Å². The number of hydrogen-bond acceptors (Lipinski definition) is 3. The molecule has 0 amide bonds. The Morgan fingerprint density at radius 2 is 2.00 bits per heavy atom. The molecule has 18 heavy (non-hydrogen) atoms. The van der Waals surface area contributed by atoms with Gasteiger partial charge in [-0.15, -0.1) is 0 Å². The summed E-state index contributed by atoms with van der Waals surface area (Å²) in [4.78, 5) is 12.0. The Morgan fingerprint density at radius 1 is 1.28 bits per heavy atom. The third-order valence-corrected chi connectivity index (χ3v) is 3.12. The van der Waals surface area contributed by atoms with E-state index in [1.807, 2.05) is 18.2 Å². The molecule has 0 saturated carbocycles. The van der Waals surface area contributed by atoms with Gasteiger partial charge in [0.25, 0.3) is 0 Å². The second-order valence-corrected chi connectivity index (χ2v) is 5.53. The van der Waals surface area contributed by atoms with E-state index in [0.717, 1.165) is 5.70 Å². The standard InChI is InChI=1S/C15H19NO2/c1-15(2,3)10-5-6-12-13(17)8-11(16-4)9-18-14(12)7-10/h5-8,16H,9H2,1-4H3. The molecule has 0 atom stereocenters. The molecule has 0 aliphatic carbocycles. The van der Waals surface area contributed by atoms with Gasteiger partial charge in [0.05, 0.1) is 11.3 Å². The molecular weight excluding hydrogens is 226 g/mol. The molecular formula is C15H19NO2. The van der Waals surface area contributed by atoms with Gasteiger partial charge in [0.15, 0.2) is 5.78 Å². The molecule has 1 aromatic rings. The smallest absolute Gasteiger partial charge is 0.191 e. The highest BCUT2D eigenvalue weighted by molar-refractivity contribution is 6.07. The van der Waals surface area contributed by atoms with Crippen LogP contribution >= 0.6 is 0 Å². The SMILES string of the molecule is CNC1=CC(=O)c2ccc(C(C)(C)C)cc2OC1. The predicted molar refractivity (Wildman–Crippen MR) is 72.1 cm³/mol. The Balaban J connectivity index is 2.43. The molecule has 1 heterocycles. The Kier molecular flexibility index (Phi) is 3.16. The van der Waals surface area contributed by atoms with Crippen molar-refractivity contribution in [1.82, 2.24) is 5.32 Å². The van der Waals surface area contributed by atoms with Crippen LogP contribution in [0, 0.1) is 0 Å². The zero-order valence-electron chi connectivity index (χ0n) is 11.3. The van der Waals surface area contributed by atoms with Crippen molar-refractivity contribution in [2.24, 2.45) is 0 Å². The Labute approximate surface area is 108 Å². The molecule has 0 unspecified atom stereocenters. The van der Waals surface area contributed by atoms with Crippen LogP contribution in [0.1, 0.15) is 36.7 Å². The number of rotatable bonds is 1. The molecule has 3 nitrogen and oxygen atoms in total. The average molecular weight is 245 g/mol. The second kappa shape index (κ2) is 4.48. The number of nitrogens with one attached hydrogen (secondary N) is 1. The maximum Gasteiger partial charge on any atom is 0.191 e. The number of carbonyl (C=O) groups excluding carboxylic acids is 1. The lowest BCUT2D eigenvalue weighted by Gasteiger charge is -2.20. The maximum atomic E-state index is 12.0. The maximum absolute atomic E-state index is 12.0. The third-order valence-electron chi connectivity index (χ3n) is 3.12. The number of benzene rings is 1. The summed E-state index contributed by atoms with van der Waals surface area (Å²) >= 11 is 0. The van der Waals surface area contributed by atoms with Crippen LogP contribution in [0.5, 0.6) is 5.75 Å². The van der Waals surface area contributed by atoms with Gasteiger partial charge < -0.3 is 10.1 Å². The molecule has 1 aliphatic rings. The lowest BCUT2D eigenvalue weighted by molar-refractivity contribution is 0.104. The monoisotopic (exact) mass is 245 g/mol. The number of carbonyl (C=O) groups is 1. The first-order valence-electron chi connectivity index (χ1n) is 6.12. The summed E-state index contributed by atoms with van der Waals surface area (Å²) in [5.74, 6) is 0.668. The number of hydrogen-bond donors (Lipinski definition) is 1. The number of fused-ring (bicyclic) bond motifs is 1. The Hall–Kier alpha value is -1.77. The summed E-state index contributed by atoms with van der Waals surface area (Å²) in [5.41, 5.74) is 2.65. The molecule has 2 rings (SSSR count). The summed E-state index contributed by atoms with van der Waals surface area (Å²) in [6, 6.07) is 5.82. The quantitative estimate of drug-likeness (QED) is 0.826. The van der Waals surface area contributed by atoms with E-state index in [0.29, 0.717) is 17.9 Å². The van der Waals surface area contributed by atoms with Crippen LogP contribution in [0.4, 0.5) is 0 Å². The van der Waals surface area contributed by atoms with Gasteiger partial charge in [0.2, 0.25) is 0 Å². The lowest BCUT2D eigenvalue weighted by atomic mass is 9.86. The minimum Gasteiger partial charge on any atom is -0.487 e. The molecule has 0 bridgehead atoms. The molecule has 0 saturated heterocycles. The minimum absolute atomic E-state index is 0.00712. The summed E-state index contributed by atoms with van der Waals surface area (Å²) in [6.45, 7) is 6.84. The highest BCUT2D eigenvalue weighted by Gasteiger charge is 2.20. The van der Waals surface area contributed by atoms with Gasteiger partial charge in [0, 0.05) is 13.1 Å². The summed E-state index contributed by atoms with van der Waals surface area (Å²) in [7, 11) is 1.79. The van der Waals surface area contributed by atoms with Crippen LogP contribution in [-0.2, 0) is 5.41 Å². The minimum atomic E-state index is -0.00712. The van der Waals surface area contributed by atoms with Crippen molar-refractivity contribution in [3.8, 4) is 5.75 Å². The fourth-order valence-corrected chi connectivity index (χ4v) is 1.89. The Bertz CT molecular complexity index is 510. The molecule has 0 radical (unpaired) electrons. The van der Waals surface area contributed by atoms with Crippen LogP contribution < -0.4 is 10.1 Å². The highest BCUT2D eigenvalue weighted by atomic mass is 16.5. The molecule has 96 valence electrons. The Morgan fingerprint density at radius 3 is 2.61 bits per heavy atom. The van der Waals surface area contributed by atoms with Gasteiger partial charge in [-0.05, 0) is 23.1 Å². The first-order valence-corrected chi connectivity index (χ1v) is 6.12. The topological polar surface area (TPSA) is 38.3 Å². The van der Waals surface area contributed by atoms with Crippen molar-refractivity contribution < 1.29 is 9.53 Å². The van der Waals surface area contributed by atoms with Crippen LogP contribution in [-0.4, -0.2) is 19.4 Å². The van der Waals surface area contributed by atoms with Crippen LogP contribution in [0.2, 0.25) is 0 Å². The lowest BCUT2D eigenvalue weighted by Crippen LogP contribution is -2.14. The fourth-order valence-electron chi connectivity index (χ4n) is 1.89. The van der Waals surface area contributed by atoms with Crippen molar-refractivity contribution in [3.05, 3.63) is 41.1 Å². The van der Waals surface area contributed by atoms with Crippen LogP contribution in [0.3, 0.4) is 0 Å². The largest absolute Gasteiger partial charge is 0.487 e. The summed E-state index contributed by atoms with van der Waals surface area (Å²) in [6.07, 6.45) is 1.60. The molecule has 0 fully saturated rings. The van der Waals surface area contributed by atoms with Gasteiger partial charge in [0.1, 0.15) is 12.4 Å². The number of ether oxygens (including phenoxy) is 1. The number of likely N-dealkylation sites (N-methyl/N-ethyl adjacent to an activating group) is 1. The van der Waals surface area contributed by atoms with Gasteiger partial charge >= 0.3 is 0 Å². The number of allylic oxidation sites excluding steroid dienone is 1. The van der Waals surface area contributed by atoms with E-state index >= 15 is 0 Å². The van der Waals surface area contributed by atoms with Gasteiger partial charge in [-0.1, -0.05) is 26.8 Å². The molecule has 1 aromatic carbocycles. The predicted octanol–water partition coefficient (Wildman–Crippen LogP) is 2.66. The van der Waals surface area contributed by atoms with Crippen molar-refractivity contribution in [2.75, 3.05) is 13.7 Å². The molecule has 0 aromatic heterocycles. The van der Waals surface area contributed by atoms with Crippen LogP contribution in [0.25, 0.3) is 0 Å². The van der Waals surface area contributed by atoms with Crippen molar-refractivity contribution in [1.29, 1.82) is 0 Å². The van der Waals surface area contributed by atoms with Gasteiger partial charge in [-0.25, -0.2) is 0 Å². The first-order chi connectivity index (χ1) is 8.41. The molecule has 1 N–H and O–H groups in total. The van der Waals surface area contributed by atoms with Gasteiger partial charge in [-0.2, -0.15) is 0 Å². The van der Waals surface area contributed by atoms with E-state index in [-0.39, 0.29) is 11.2 Å². The average Bonchev–Trinajstić information content (AvgIpc) is 2.47. The summed E-state index contributed by atoms with van der Waals surface area (Å²) < 4.78 is 5.71. The zero-order chi connectivity index (χ0) is 13.3. The van der Waals surface area contributed by atoms with E-state index in [2.05, 4.69) is 26.1 Å². The molecule has 3 heteroatoms. The zero-order valence-corrected chi connectivity index (χ0v) is 11.3. The van der Waals surface area contributed by atoms with E-state index in [4.69, 9.17) is 4.74 Å². The fraction of sp³-hybridized carbons (Fsp3) is 0.400. The van der Waals surface area contributed by atoms with E-state index in [1.165, 1.54) is 5.56 Å². The highest BCUT2D eigenvalue weighted by Crippen LogP contribution is 2.30. The van der Waals surface area contributed by atoms with E-state index in [1.54, 1.807) is 13.1 Å². The first kappa shape index (κ1) is 12.7. The number of ketones is 1. The van der Waals surface area contributed by atoms with Crippen molar-refractivity contribution in [2.45, 2.75) is 26.2 Å².